The molecule has 0 unspecified atom stereocenters. The number of hydrogen-bond donors (Lipinski definition) is 2. The van der Waals surface area contributed by atoms with Crippen LogP contribution in [-0.2, 0) is 22.4 Å². The molecule has 0 spiro atoms. The van der Waals surface area contributed by atoms with Gasteiger partial charge in [-0.2, -0.15) is 0 Å². The number of nitrogens with zero attached hydrogens (tertiary/aromatic N) is 1. The number of nitrogens with two attached hydrogens (primary N) is 1. The predicted octanol–water partition coefficient (Wildman–Crippen LogP) is 2.02. The maximum absolute atomic E-state index is 11.9. The van der Waals surface area contributed by atoms with Crippen molar-refractivity contribution in [3.63, 3.8) is 0 Å². The van der Waals surface area contributed by atoms with E-state index in [2.05, 4.69) is 24.1 Å². The quantitative estimate of drug-likeness (QED) is 0.803. The summed E-state index contributed by atoms with van der Waals surface area (Å²) in [6.45, 7) is 5.31. The Morgan fingerprint density at radius 3 is 2.73 bits per heavy atom. The standard InChI is InChI=1S/C14H23N3O2S.2ClH/c1-3-11-9(2)20-13(17-11)6-7-16-14(18)12-5-4-10(8-15)19-12;;/h10,12H,3-8,15H2,1-2H3,(H,16,18);2*1H/t10-,12+;;/m1../s1. The number of rotatable bonds is 6. The molecule has 0 aromatic carbocycles. The Labute approximate surface area is 148 Å². The van der Waals surface area contributed by atoms with Crippen molar-refractivity contribution in [3.05, 3.63) is 15.6 Å². The minimum absolute atomic E-state index is 0. The van der Waals surface area contributed by atoms with E-state index in [4.69, 9.17) is 10.5 Å². The van der Waals surface area contributed by atoms with Crippen molar-refractivity contribution in [2.24, 2.45) is 5.73 Å². The summed E-state index contributed by atoms with van der Waals surface area (Å²) < 4.78 is 5.57. The summed E-state index contributed by atoms with van der Waals surface area (Å²) in [5, 5.41) is 4.02. The summed E-state index contributed by atoms with van der Waals surface area (Å²) in [4.78, 5) is 17.8. The first kappa shape index (κ1) is 21.6. The fraction of sp³-hybridized carbons (Fsp3) is 0.714. The molecule has 2 heterocycles. The molecule has 1 aromatic rings. The summed E-state index contributed by atoms with van der Waals surface area (Å²) in [7, 11) is 0. The van der Waals surface area contributed by atoms with Crippen molar-refractivity contribution in [3.8, 4) is 0 Å². The Balaban J connectivity index is 0.00000220. The van der Waals surface area contributed by atoms with Crippen LogP contribution >= 0.6 is 36.2 Å². The van der Waals surface area contributed by atoms with Gasteiger partial charge in [0.2, 0.25) is 5.91 Å². The van der Waals surface area contributed by atoms with E-state index >= 15 is 0 Å². The molecule has 5 nitrogen and oxygen atoms in total. The van der Waals surface area contributed by atoms with Gasteiger partial charge in [-0.3, -0.25) is 4.79 Å². The number of aryl methyl sites for hydroxylation is 2. The highest BCUT2D eigenvalue weighted by atomic mass is 35.5. The average Bonchev–Trinajstić information content (AvgIpc) is 3.05. The third-order valence-electron chi connectivity index (χ3n) is 3.57. The Morgan fingerprint density at radius 1 is 1.45 bits per heavy atom. The van der Waals surface area contributed by atoms with Gasteiger partial charge in [-0.15, -0.1) is 36.2 Å². The van der Waals surface area contributed by atoms with Crippen LogP contribution in [0.15, 0.2) is 0 Å². The van der Waals surface area contributed by atoms with Gasteiger partial charge in [-0.05, 0) is 26.2 Å². The molecule has 2 atom stereocenters. The smallest absolute Gasteiger partial charge is 0.249 e. The summed E-state index contributed by atoms with van der Waals surface area (Å²) >= 11 is 1.72. The maximum Gasteiger partial charge on any atom is 0.249 e. The van der Waals surface area contributed by atoms with Crippen molar-refractivity contribution < 1.29 is 9.53 Å². The lowest BCUT2D eigenvalue weighted by Crippen LogP contribution is -2.36. The minimum atomic E-state index is -0.326. The number of nitrogens with one attached hydrogen (secondary N) is 1. The first-order chi connectivity index (χ1) is 9.63. The Hall–Kier alpha value is -0.400. The van der Waals surface area contributed by atoms with E-state index in [-0.39, 0.29) is 42.9 Å². The molecular weight excluding hydrogens is 345 g/mol. The Bertz CT molecular complexity index is 471. The van der Waals surface area contributed by atoms with Gasteiger partial charge in [-0.25, -0.2) is 4.98 Å². The van der Waals surface area contributed by atoms with Crippen molar-refractivity contribution in [1.82, 2.24) is 10.3 Å². The lowest BCUT2D eigenvalue weighted by Gasteiger charge is -2.12. The van der Waals surface area contributed by atoms with Crippen LogP contribution in [0.5, 0.6) is 0 Å². The second-order valence-corrected chi connectivity index (χ2v) is 6.35. The number of thiazole rings is 1. The molecule has 128 valence electrons. The normalized spacial score (nSPS) is 20.1. The number of hydrogen-bond acceptors (Lipinski definition) is 5. The second kappa shape index (κ2) is 10.4. The predicted molar refractivity (Wildman–Crippen MR) is 94.4 cm³/mol. The molecule has 0 bridgehead atoms. The van der Waals surface area contributed by atoms with Gasteiger partial charge in [0.05, 0.1) is 16.8 Å². The SMILES string of the molecule is CCc1nc(CCNC(=O)[C@@H]2CC[C@H](CN)O2)sc1C.Cl.Cl. The summed E-state index contributed by atoms with van der Waals surface area (Å²) in [6, 6.07) is 0. The van der Waals surface area contributed by atoms with Gasteiger partial charge in [0.1, 0.15) is 6.10 Å². The van der Waals surface area contributed by atoms with Gasteiger partial charge in [0.15, 0.2) is 0 Å². The highest BCUT2D eigenvalue weighted by molar-refractivity contribution is 7.11. The van der Waals surface area contributed by atoms with Crippen molar-refractivity contribution in [2.45, 2.75) is 51.7 Å². The van der Waals surface area contributed by atoms with Crippen LogP contribution in [0.25, 0.3) is 0 Å². The molecule has 0 saturated carbocycles. The van der Waals surface area contributed by atoms with Crippen molar-refractivity contribution >= 4 is 42.1 Å². The van der Waals surface area contributed by atoms with E-state index in [1.54, 1.807) is 11.3 Å². The van der Waals surface area contributed by atoms with Crippen LogP contribution in [0, 0.1) is 6.92 Å². The second-order valence-electron chi connectivity index (χ2n) is 5.06. The molecule has 3 N–H and O–H groups in total. The molecule has 1 saturated heterocycles. The highest BCUT2D eigenvalue weighted by Crippen LogP contribution is 2.19. The van der Waals surface area contributed by atoms with E-state index in [1.807, 2.05) is 0 Å². The first-order valence-corrected chi connectivity index (χ1v) is 8.04. The maximum atomic E-state index is 11.9. The molecule has 1 aliphatic heterocycles. The van der Waals surface area contributed by atoms with E-state index < -0.39 is 0 Å². The molecule has 2 rings (SSSR count). The molecule has 1 aromatic heterocycles. The van der Waals surface area contributed by atoms with Crippen molar-refractivity contribution in [2.75, 3.05) is 13.1 Å². The summed E-state index contributed by atoms with van der Waals surface area (Å²) in [5.74, 6) is -0.0232. The monoisotopic (exact) mass is 369 g/mol. The van der Waals surface area contributed by atoms with Gasteiger partial charge in [-0.1, -0.05) is 6.92 Å². The molecular formula is C14H25Cl2N3O2S. The zero-order chi connectivity index (χ0) is 14.5. The number of amides is 1. The van der Waals surface area contributed by atoms with E-state index in [0.29, 0.717) is 13.1 Å². The van der Waals surface area contributed by atoms with Gasteiger partial charge in [0, 0.05) is 24.4 Å². The van der Waals surface area contributed by atoms with Gasteiger partial charge in [0.25, 0.3) is 0 Å². The molecule has 0 aliphatic carbocycles. The number of aromatic nitrogens is 1. The molecule has 1 fully saturated rings. The minimum Gasteiger partial charge on any atom is -0.364 e. The zero-order valence-corrected chi connectivity index (χ0v) is 15.4. The number of carbonyl (C=O) groups is 1. The van der Waals surface area contributed by atoms with Crippen molar-refractivity contribution in [1.29, 1.82) is 0 Å². The highest BCUT2D eigenvalue weighted by Gasteiger charge is 2.29. The third-order valence-corrected chi connectivity index (χ3v) is 4.65. The topological polar surface area (TPSA) is 77.2 Å². The van der Waals surface area contributed by atoms with E-state index in [0.717, 1.165) is 30.7 Å². The van der Waals surface area contributed by atoms with E-state index in [1.165, 1.54) is 10.6 Å². The lowest BCUT2D eigenvalue weighted by atomic mass is 10.2. The summed E-state index contributed by atoms with van der Waals surface area (Å²) in [6.07, 6.45) is 3.10. The van der Waals surface area contributed by atoms with Crippen LogP contribution in [-0.4, -0.2) is 36.2 Å². The first-order valence-electron chi connectivity index (χ1n) is 7.22. The van der Waals surface area contributed by atoms with Gasteiger partial charge < -0.3 is 15.8 Å². The molecule has 1 aliphatic rings. The number of carbonyl (C=O) groups excluding carboxylic acids is 1. The Kier molecular flexibility index (Phi) is 10.2. The fourth-order valence-electron chi connectivity index (χ4n) is 2.40. The lowest BCUT2D eigenvalue weighted by molar-refractivity contribution is -0.131. The number of halogens is 2. The molecule has 1 amide bonds. The van der Waals surface area contributed by atoms with Crippen LogP contribution in [0.2, 0.25) is 0 Å². The number of ether oxygens (including phenoxy) is 1. The zero-order valence-electron chi connectivity index (χ0n) is 13.0. The molecule has 8 heteroatoms. The third kappa shape index (κ3) is 5.66. The fourth-order valence-corrected chi connectivity index (χ4v) is 3.42. The molecule has 22 heavy (non-hydrogen) atoms. The largest absolute Gasteiger partial charge is 0.364 e. The van der Waals surface area contributed by atoms with Crippen LogP contribution in [0.1, 0.15) is 35.3 Å². The molecule has 0 radical (unpaired) electrons. The average molecular weight is 370 g/mol. The van der Waals surface area contributed by atoms with Crippen LogP contribution in [0.4, 0.5) is 0 Å². The Morgan fingerprint density at radius 2 is 2.18 bits per heavy atom. The van der Waals surface area contributed by atoms with E-state index in [9.17, 15) is 4.79 Å². The van der Waals surface area contributed by atoms with Crippen LogP contribution < -0.4 is 11.1 Å². The van der Waals surface area contributed by atoms with Crippen LogP contribution in [0.3, 0.4) is 0 Å². The van der Waals surface area contributed by atoms with Gasteiger partial charge >= 0.3 is 0 Å². The summed E-state index contributed by atoms with van der Waals surface area (Å²) in [5.41, 5.74) is 6.71.